The number of aromatic amines is 1. The number of H-pyrrole nitrogens is 1. The molecule has 0 atom stereocenters. The smallest absolute Gasteiger partial charge is 0.388 e. The van der Waals surface area contributed by atoms with Gasteiger partial charge in [0.25, 0.3) is 0 Å². The van der Waals surface area contributed by atoms with Gasteiger partial charge >= 0.3 is 6.61 Å². The van der Waals surface area contributed by atoms with E-state index < -0.39 is 6.61 Å². The third kappa shape index (κ3) is 3.36. The quantitative estimate of drug-likeness (QED) is 0.727. The molecule has 1 aliphatic heterocycles. The topological polar surface area (TPSA) is 103 Å². The van der Waals surface area contributed by atoms with Crippen LogP contribution in [-0.4, -0.2) is 49.8 Å². The highest BCUT2D eigenvalue weighted by Crippen LogP contribution is 2.25. The second-order valence-electron chi connectivity index (χ2n) is 5.52. The Bertz CT molecular complexity index is 860. The number of halogens is 2. The van der Waals surface area contributed by atoms with E-state index in [1.807, 2.05) is 4.68 Å². The number of nitrogens with one attached hydrogen (secondary N) is 2. The normalized spacial score (nSPS) is 15.8. The first-order valence-electron chi connectivity index (χ1n) is 7.74. The van der Waals surface area contributed by atoms with E-state index in [2.05, 4.69) is 35.3 Å². The van der Waals surface area contributed by atoms with E-state index in [1.165, 1.54) is 12.3 Å². The maximum absolute atomic E-state index is 12.2. The van der Waals surface area contributed by atoms with Gasteiger partial charge in [0.15, 0.2) is 11.5 Å². The standard InChI is InChI=1S/C14H15F2N7O2/c15-14(16)25-12-5-10(21-22-12)19-11-7-17-9-6-18-23(13(9)20-11)8-1-3-24-4-2-8/h5-8,14H,1-4H2,(H2,19,20,21,22). The second kappa shape index (κ2) is 6.59. The fourth-order valence-electron chi connectivity index (χ4n) is 2.73. The first kappa shape index (κ1) is 15.7. The van der Waals surface area contributed by atoms with Gasteiger partial charge in [0, 0.05) is 19.3 Å². The van der Waals surface area contributed by atoms with Crippen LogP contribution >= 0.6 is 0 Å². The summed E-state index contributed by atoms with van der Waals surface area (Å²) in [6.45, 7) is -1.54. The van der Waals surface area contributed by atoms with Crippen molar-refractivity contribution in [2.75, 3.05) is 18.5 Å². The molecule has 132 valence electrons. The fourth-order valence-corrected chi connectivity index (χ4v) is 2.73. The Morgan fingerprint density at radius 3 is 2.96 bits per heavy atom. The van der Waals surface area contributed by atoms with Gasteiger partial charge in [-0.15, -0.1) is 5.10 Å². The molecule has 1 saturated heterocycles. The number of rotatable bonds is 5. The average Bonchev–Trinajstić information content (AvgIpc) is 3.21. The van der Waals surface area contributed by atoms with Gasteiger partial charge in [-0.2, -0.15) is 13.9 Å². The molecular weight excluding hydrogens is 336 g/mol. The lowest BCUT2D eigenvalue weighted by molar-refractivity contribution is -0.0528. The molecule has 0 bridgehead atoms. The van der Waals surface area contributed by atoms with Gasteiger partial charge in [0.2, 0.25) is 5.88 Å². The van der Waals surface area contributed by atoms with Crippen LogP contribution in [0.15, 0.2) is 18.5 Å². The van der Waals surface area contributed by atoms with Crippen molar-refractivity contribution in [1.29, 1.82) is 0 Å². The van der Waals surface area contributed by atoms with Crippen molar-refractivity contribution in [3.8, 4) is 5.88 Å². The maximum Gasteiger partial charge on any atom is 0.388 e. The molecule has 0 saturated carbocycles. The maximum atomic E-state index is 12.2. The minimum absolute atomic E-state index is 0.209. The summed E-state index contributed by atoms with van der Waals surface area (Å²) in [6, 6.07) is 1.53. The van der Waals surface area contributed by atoms with E-state index >= 15 is 0 Å². The van der Waals surface area contributed by atoms with Crippen molar-refractivity contribution in [3.63, 3.8) is 0 Å². The number of hydrogen-bond donors (Lipinski definition) is 2. The molecule has 3 aromatic heterocycles. The average molecular weight is 351 g/mol. The van der Waals surface area contributed by atoms with E-state index in [0.29, 0.717) is 36.0 Å². The van der Waals surface area contributed by atoms with Crippen molar-refractivity contribution in [2.45, 2.75) is 25.5 Å². The lowest BCUT2D eigenvalue weighted by Gasteiger charge is -2.22. The van der Waals surface area contributed by atoms with Crippen LogP contribution in [0.1, 0.15) is 18.9 Å². The van der Waals surface area contributed by atoms with Crippen molar-refractivity contribution in [2.24, 2.45) is 0 Å². The molecule has 25 heavy (non-hydrogen) atoms. The molecule has 4 rings (SSSR count). The first-order valence-corrected chi connectivity index (χ1v) is 7.74. The molecule has 0 aliphatic carbocycles. The van der Waals surface area contributed by atoms with Gasteiger partial charge in [-0.3, -0.25) is 5.10 Å². The largest absolute Gasteiger partial charge is 0.415 e. The molecule has 1 fully saturated rings. The van der Waals surface area contributed by atoms with E-state index in [4.69, 9.17) is 4.74 Å². The Labute approximate surface area is 140 Å². The molecule has 0 aromatic carbocycles. The zero-order valence-corrected chi connectivity index (χ0v) is 13.0. The van der Waals surface area contributed by atoms with Gasteiger partial charge in [-0.25, -0.2) is 14.6 Å². The van der Waals surface area contributed by atoms with Crippen LogP contribution in [-0.2, 0) is 4.74 Å². The number of anilines is 2. The van der Waals surface area contributed by atoms with Crippen LogP contribution in [0.25, 0.3) is 11.2 Å². The van der Waals surface area contributed by atoms with Crippen LogP contribution in [0, 0.1) is 0 Å². The molecule has 0 spiro atoms. The summed E-state index contributed by atoms with van der Waals surface area (Å²) in [5.74, 6) is 0.591. The molecule has 0 unspecified atom stereocenters. The predicted octanol–water partition coefficient (Wildman–Crippen LogP) is 2.25. The van der Waals surface area contributed by atoms with E-state index in [-0.39, 0.29) is 11.9 Å². The van der Waals surface area contributed by atoms with Crippen LogP contribution in [0.3, 0.4) is 0 Å². The molecule has 1 aliphatic rings. The third-order valence-electron chi connectivity index (χ3n) is 3.87. The lowest BCUT2D eigenvalue weighted by atomic mass is 10.1. The lowest BCUT2D eigenvalue weighted by Crippen LogP contribution is -2.20. The SMILES string of the molecule is FC(F)Oc1cc(Nc2cnc3cnn(C4CCOCC4)c3n2)[nH]n1. The highest BCUT2D eigenvalue weighted by atomic mass is 19.3. The van der Waals surface area contributed by atoms with Gasteiger partial charge in [0.1, 0.15) is 11.3 Å². The summed E-state index contributed by atoms with van der Waals surface area (Å²) >= 11 is 0. The van der Waals surface area contributed by atoms with E-state index in [9.17, 15) is 8.78 Å². The molecule has 9 nitrogen and oxygen atoms in total. The number of fused-ring (bicyclic) bond motifs is 1. The van der Waals surface area contributed by atoms with E-state index in [1.54, 1.807) is 6.20 Å². The molecule has 2 N–H and O–H groups in total. The molecular formula is C14H15F2N7O2. The third-order valence-corrected chi connectivity index (χ3v) is 3.87. The summed E-state index contributed by atoms with van der Waals surface area (Å²) in [4.78, 5) is 8.85. The molecule has 0 amide bonds. The second-order valence-corrected chi connectivity index (χ2v) is 5.52. The number of ether oxygens (including phenoxy) is 2. The summed E-state index contributed by atoms with van der Waals surface area (Å²) in [6.07, 6.45) is 4.94. The Morgan fingerprint density at radius 2 is 2.16 bits per heavy atom. The van der Waals surface area contributed by atoms with Crippen LogP contribution in [0.2, 0.25) is 0 Å². The zero-order valence-electron chi connectivity index (χ0n) is 13.0. The Balaban J connectivity index is 1.56. The Hall–Kier alpha value is -2.82. The highest BCUT2D eigenvalue weighted by Gasteiger charge is 2.20. The number of aromatic nitrogens is 6. The van der Waals surface area contributed by atoms with Gasteiger partial charge < -0.3 is 14.8 Å². The van der Waals surface area contributed by atoms with Crippen LogP contribution in [0.4, 0.5) is 20.4 Å². The van der Waals surface area contributed by atoms with Gasteiger partial charge in [0.05, 0.1) is 18.4 Å². The Morgan fingerprint density at radius 1 is 1.32 bits per heavy atom. The molecule has 11 heteroatoms. The zero-order chi connectivity index (χ0) is 17.2. The van der Waals surface area contributed by atoms with Crippen LogP contribution in [0.5, 0.6) is 5.88 Å². The number of alkyl halides is 2. The Kier molecular flexibility index (Phi) is 4.14. The highest BCUT2D eigenvalue weighted by molar-refractivity contribution is 5.72. The summed E-state index contributed by atoms with van der Waals surface area (Å²) < 4.78 is 35.8. The van der Waals surface area contributed by atoms with Crippen molar-refractivity contribution in [3.05, 3.63) is 18.5 Å². The monoisotopic (exact) mass is 351 g/mol. The molecule has 0 radical (unpaired) electrons. The van der Waals surface area contributed by atoms with Crippen molar-refractivity contribution in [1.82, 2.24) is 29.9 Å². The van der Waals surface area contributed by atoms with Crippen molar-refractivity contribution >= 4 is 22.8 Å². The summed E-state index contributed by atoms with van der Waals surface area (Å²) in [5, 5.41) is 13.5. The predicted molar refractivity (Wildman–Crippen MR) is 82.9 cm³/mol. The summed E-state index contributed by atoms with van der Waals surface area (Å²) in [5.41, 5.74) is 1.34. The van der Waals surface area contributed by atoms with Crippen molar-refractivity contribution < 1.29 is 18.3 Å². The minimum Gasteiger partial charge on any atom is -0.415 e. The number of hydrogen-bond acceptors (Lipinski definition) is 7. The van der Waals surface area contributed by atoms with Gasteiger partial charge in [-0.1, -0.05) is 0 Å². The van der Waals surface area contributed by atoms with Gasteiger partial charge in [-0.05, 0) is 12.8 Å². The molecule has 4 heterocycles. The summed E-state index contributed by atoms with van der Waals surface area (Å²) in [7, 11) is 0. The van der Waals surface area contributed by atoms with E-state index in [0.717, 1.165) is 12.8 Å². The fraction of sp³-hybridized carbons (Fsp3) is 0.429. The first-order chi connectivity index (χ1) is 12.2. The molecule has 3 aromatic rings. The van der Waals surface area contributed by atoms with Crippen LogP contribution < -0.4 is 10.1 Å². The number of nitrogens with zero attached hydrogens (tertiary/aromatic N) is 5. The minimum atomic E-state index is -2.93.